The third kappa shape index (κ3) is 5.16. The van der Waals surface area contributed by atoms with E-state index in [1.807, 2.05) is 11.3 Å². The van der Waals surface area contributed by atoms with Gasteiger partial charge < -0.3 is 4.42 Å². The van der Waals surface area contributed by atoms with Gasteiger partial charge in [-0.3, -0.25) is 0 Å². The number of benzene rings is 10. The van der Waals surface area contributed by atoms with Gasteiger partial charge in [-0.15, -0.1) is 11.3 Å². The van der Waals surface area contributed by atoms with Gasteiger partial charge in [0.25, 0.3) is 0 Å². The molecule has 0 radical (unpaired) electrons. The fourth-order valence-corrected chi connectivity index (χ4v) is 10.5. The normalized spacial score (nSPS) is 11.8. The highest BCUT2D eigenvalue weighted by molar-refractivity contribution is 7.26. The standard InChI is InChI=1S/C56H34OS/c1-3-15-35(16-4-1)39-31-37-19-7-8-20-41(37)49(33-39)51-34-40-32-38(27-30-50(40)57-51)42-28-29-48(55-47-25-13-14-26-52(47)58-56(42)55)54-45-23-11-9-21-43(45)53(36-17-5-2-6-18-36)44-22-10-12-24-46(44)54/h1-34H. The van der Waals surface area contributed by atoms with Crippen molar-refractivity contribution in [2.24, 2.45) is 0 Å². The number of hydrogen-bond acceptors (Lipinski definition) is 2. The van der Waals surface area contributed by atoms with E-state index in [4.69, 9.17) is 4.42 Å². The number of thiophene rings is 1. The molecule has 10 aromatic carbocycles. The third-order valence-electron chi connectivity index (χ3n) is 11.9. The fourth-order valence-electron chi connectivity index (χ4n) is 9.25. The summed E-state index contributed by atoms with van der Waals surface area (Å²) >= 11 is 1.89. The second kappa shape index (κ2) is 13.2. The minimum absolute atomic E-state index is 0.876. The molecule has 58 heavy (non-hydrogen) atoms. The molecule has 0 unspecified atom stereocenters. The van der Waals surface area contributed by atoms with Gasteiger partial charge in [0, 0.05) is 31.1 Å². The van der Waals surface area contributed by atoms with Crippen LogP contribution in [0, 0.1) is 0 Å². The maximum atomic E-state index is 6.68. The molecule has 2 heteroatoms. The summed E-state index contributed by atoms with van der Waals surface area (Å²) < 4.78 is 9.27. The van der Waals surface area contributed by atoms with Crippen LogP contribution in [0.1, 0.15) is 0 Å². The van der Waals surface area contributed by atoms with E-state index in [0.717, 1.165) is 22.3 Å². The van der Waals surface area contributed by atoms with Crippen LogP contribution >= 0.6 is 11.3 Å². The van der Waals surface area contributed by atoms with Crippen molar-refractivity contribution in [3.8, 4) is 55.8 Å². The lowest BCUT2D eigenvalue weighted by molar-refractivity contribution is 0.632. The van der Waals surface area contributed by atoms with E-state index < -0.39 is 0 Å². The Bertz CT molecular complexity index is 3500. The summed E-state index contributed by atoms with van der Waals surface area (Å²) in [5, 5.41) is 11.1. The Morgan fingerprint density at radius 2 is 0.897 bits per heavy atom. The van der Waals surface area contributed by atoms with Gasteiger partial charge in [-0.2, -0.15) is 0 Å². The number of furan rings is 1. The lowest BCUT2D eigenvalue weighted by Gasteiger charge is -2.19. The van der Waals surface area contributed by atoms with Crippen LogP contribution in [-0.2, 0) is 0 Å². The van der Waals surface area contributed by atoms with Gasteiger partial charge in [0.15, 0.2) is 0 Å². The molecule has 0 saturated heterocycles. The molecule has 0 fully saturated rings. The van der Waals surface area contributed by atoms with Crippen LogP contribution in [-0.4, -0.2) is 0 Å². The van der Waals surface area contributed by atoms with Gasteiger partial charge in [0.2, 0.25) is 0 Å². The van der Waals surface area contributed by atoms with Crippen molar-refractivity contribution < 1.29 is 4.42 Å². The van der Waals surface area contributed by atoms with Crippen LogP contribution < -0.4 is 0 Å². The Hall–Kier alpha value is -7.26. The highest BCUT2D eigenvalue weighted by atomic mass is 32.1. The smallest absolute Gasteiger partial charge is 0.136 e. The first-order valence-corrected chi connectivity index (χ1v) is 20.6. The Kier molecular flexibility index (Phi) is 7.47. The zero-order chi connectivity index (χ0) is 38.2. The van der Waals surface area contributed by atoms with Gasteiger partial charge in [-0.05, 0) is 113 Å². The summed E-state index contributed by atoms with van der Waals surface area (Å²) in [6, 6.07) is 75.0. The van der Waals surface area contributed by atoms with Gasteiger partial charge in [-0.25, -0.2) is 0 Å². The molecule has 0 N–H and O–H groups in total. The first kappa shape index (κ1) is 32.9. The highest BCUT2D eigenvalue weighted by Gasteiger charge is 2.22. The Labute approximate surface area is 339 Å². The van der Waals surface area contributed by atoms with Crippen molar-refractivity contribution in [1.82, 2.24) is 0 Å². The monoisotopic (exact) mass is 754 g/mol. The van der Waals surface area contributed by atoms with Crippen LogP contribution in [0.2, 0.25) is 0 Å². The summed E-state index contributed by atoms with van der Waals surface area (Å²) in [7, 11) is 0. The van der Waals surface area contributed by atoms with E-state index >= 15 is 0 Å². The summed E-state index contributed by atoms with van der Waals surface area (Å²) in [6.07, 6.45) is 0. The van der Waals surface area contributed by atoms with Crippen molar-refractivity contribution in [1.29, 1.82) is 0 Å². The number of rotatable bonds is 5. The lowest BCUT2D eigenvalue weighted by atomic mass is 9.84. The van der Waals surface area contributed by atoms with Crippen LogP contribution in [0.5, 0.6) is 0 Å². The van der Waals surface area contributed by atoms with Crippen LogP contribution in [0.15, 0.2) is 211 Å². The molecule has 0 aliphatic carbocycles. The van der Waals surface area contributed by atoms with E-state index in [2.05, 4.69) is 206 Å². The molecule has 0 aliphatic rings. The van der Waals surface area contributed by atoms with Crippen LogP contribution in [0.4, 0.5) is 0 Å². The molecule has 12 rings (SSSR count). The van der Waals surface area contributed by atoms with Crippen molar-refractivity contribution in [3.05, 3.63) is 206 Å². The van der Waals surface area contributed by atoms with E-state index in [-0.39, 0.29) is 0 Å². The Morgan fingerprint density at radius 1 is 0.328 bits per heavy atom. The third-order valence-corrected chi connectivity index (χ3v) is 13.1. The van der Waals surface area contributed by atoms with Crippen LogP contribution in [0.3, 0.4) is 0 Å². The molecular formula is C56H34OS. The fraction of sp³-hybridized carbons (Fsp3) is 0. The Balaban J connectivity index is 1.07. The van der Waals surface area contributed by atoms with Crippen molar-refractivity contribution in [3.63, 3.8) is 0 Å². The second-order valence-corrected chi connectivity index (χ2v) is 16.2. The van der Waals surface area contributed by atoms with E-state index in [1.54, 1.807) is 0 Å². The molecule has 0 bridgehead atoms. The predicted molar refractivity (Wildman–Crippen MR) is 249 cm³/mol. The SMILES string of the molecule is c1ccc(-c2cc(-c3cc4cc(-c5ccc(-c6c7ccccc7c(-c7ccccc7)c7ccccc67)c6c5sc5ccccc56)ccc4o3)c3ccccc3c2)cc1. The average Bonchev–Trinajstić information content (AvgIpc) is 3.90. The number of hydrogen-bond donors (Lipinski definition) is 0. The first-order chi connectivity index (χ1) is 28.8. The molecule has 0 amide bonds. The van der Waals surface area contributed by atoms with Gasteiger partial charge in [-0.1, -0.05) is 170 Å². The minimum Gasteiger partial charge on any atom is -0.456 e. The van der Waals surface area contributed by atoms with Crippen LogP contribution in [0.25, 0.3) is 119 Å². The van der Waals surface area contributed by atoms with E-state index in [9.17, 15) is 0 Å². The molecule has 0 saturated carbocycles. The summed E-state index contributed by atoms with van der Waals surface area (Å²) in [4.78, 5) is 0. The topological polar surface area (TPSA) is 13.1 Å². The van der Waals surface area contributed by atoms with Crippen molar-refractivity contribution in [2.75, 3.05) is 0 Å². The molecule has 0 atom stereocenters. The second-order valence-electron chi connectivity index (χ2n) is 15.1. The summed E-state index contributed by atoms with van der Waals surface area (Å²) in [5.41, 5.74) is 11.8. The molecule has 1 nitrogen and oxygen atoms in total. The molecule has 12 aromatic rings. The van der Waals surface area contributed by atoms with E-state index in [0.29, 0.717) is 0 Å². The zero-order valence-electron chi connectivity index (χ0n) is 31.4. The van der Waals surface area contributed by atoms with Gasteiger partial charge >= 0.3 is 0 Å². The van der Waals surface area contributed by atoms with Gasteiger partial charge in [0.1, 0.15) is 11.3 Å². The van der Waals surface area contributed by atoms with Crippen molar-refractivity contribution >= 4 is 74.8 Å². The molecule has 0 aliphatic heterocycles. The summed E-state index contributed by atoms with van der Waals surface area (Å²) in [5.74, 6) is 0.876. The highest BCUT2D eigenvalue weighted by Crippen LogP contribution is 2.50. The summed E-state index contributed by atoms with van der Waals surface area (Å²) in [6.45, 7) is 0. The number of fused-ring (bicyclic) bond motifs is 7. The first-order valence-electron chi connectivity index (χ1n) is 19.8. The largest absolute Gasteiger partial charge is 0.456 e. The Morgan fingerprint density at radius 3 is 1.62 bits per heavy atom. The predicted octanol–water partition coefficient (Wildman–Crippen LogP) is 16.6. The molecule has 2 aromatic heterocycles. The zero-order valence-corrected chi connectivity index (χ0v) is 32.3. The van der Waals surface area contributed by atoms with E-state index in [1.165, 1.54) is 97.0 Å². The molecule has 2 heterocycles. The molecule has 270 valence electrons. The maximum absolute atomic E-state index is 6.68. The van der Waals surface area contributed by atoms with Crippen molar-refractivity contribution in [2.45, 2.75) is 0 Å². The quantitative estimate of drug-likeness (QED) is 0.160. The lowest BCUT2D eigenvalue weighted by Crippen LogP contribution is -1.91. The average molecular weight is 755 g/mol. The minimum atomic E-state index is 0.876. The van der Waals surface area contributed by atoms with Gasteiger partial charge in [0.05, 0.1) is 0 Å². The molecule has 0 spiro atoms. The maximum Gasteiger partial charge on any atom is 0.136 e. The molecular weight excluding hydrogens is 721 g/mol.